The first kappa shape index (κ1) is 40.7. The zero-order chi connectivity index (χ0) is 35.2. The molecule has 0 fully saturated rings. The molecule has 0 spiro atoms. The van der Waals surface area contributed by atoms with E-state index in [-0.39, 0.29) is 0 Å². The minimum absolute atomic E-state index is 0.699. The van der Waals surface area contributed by atoms with Gasteiger partial charge in [0.1, 0.15) is 24.2 Å². The summed E-state index contributed by atoms with van der Waals surface area (Å²) in [6, 6.07) is -4.76. The Kier molecular flexibility index (Phi) is 14.0. The Morgan fingerprint density at radius 1 is 0.432 bits per heavy atom. The van der Waals surface area contributed by atoms with E-state index >= 15 is 0 Å². The van der Waals surface area contributed by atoms with Crippen LogP contribution in [0, 0.1) is 21.7 Å². The standard InChI is InChI=1S/C30H54N4O10/c1-27(2,3)17(23(39)33-19(25(41)43-13)29(7,8)9)31-21(37)15(35)16(36)22(38)32-18(28(4,5)6)24(40)34-20(26(42)44-14)30(10,11)12/h15-20,35-36H,1-14H3,(H,31,37)(H,32,38)(H,33,39)(H,34,40)/t15-,16-,17-,18-,19-,20-/m1/s1. The number of aliphatic hydroxyl groups excluding tert-OH is 2. The Hall–Kier alpha value is -3.26. The molecule has 0 saturated heterocycles. The van der Waals surface area contributed by atoms with Gasteiger partial charge in [-0.2, -0.15) is 0 Å². The fourth-order valence-corrected chi connectivity index (χ4v) is 4.04. The number of methoxy groups -OCH3 is 2. The molecular formula is C30H54N4O10. The van der Waals surface area contributed by atoms with Gasteiger partial charge in [-0.25, -0.2) is 9.59 Å². The van der Waals surface area contributed by atoms with Crippen LogP contribution in [0.15, 0.2) is 0 Å². The van der Waals surface area contributed by atoms with E-state index in [0.717, 1.165) is 0 Å². The predicted octanol–water partition coefficient (Wildman–Crippen LogP) is 0.178. The normalized spacial score (nSPS) is 16.6. The second-order valence-corrected chi connectivity index (χ2v) is 15.2. The van der Waals surface area contributed by atoms with Crippen molar-refractivity contribution in [2.45, 2.75) is 119 Å². The third-order valence-electron chi connectivity index (χ3n) is 6.84. The van der Waals surface area contributed by atoms with Crippen LogP contribution in [-0.4, -0.2) is 96.4 Å². The smallest absolute Gasteiger partial charge is 0.328 e. The van der Waals surface area contributed by atoms with Gasteiger partial charge in [-0.05, 0) is 21.7 Å². The minimum Gasteiger partial charge on any atom is -0.467 e. The molecule has 6 atom stereocenters. The van der Waals surface area contributed by atoms with Crippen LogP contribution < -0.4 is 21.3 Å². The van der Waals surface area contributed by atoms with E-state index in [4.69, 9.17) is 9.47 Å². The predicted molar refractivity (Wildman–Crippen MR) is 162 cm³/mol. The third-order valence-corrected chi connectivity index (χ3v) is 6.84. The monoisotopic (exact) mass is 630 g/mol. The number of hydrogen-bond donors (Lipinski definition) is 6. The van der Waals surface area contributed by atoms with Crippen LogP contribution >= 0.6 is 0 Å². The Balaban J connectivity index is 5.96. The first-order valence-electron chi connectivity index (χ1n) is 14.3. The summed E-state index contributed by atoms with van der Waals surface area (Å²) >= 11 is 0. The maximum Gasteiger partial charge on any atom is 0.328 e. The number of carbonyl (C=O) groups excluding carboxylic acids is 6. The van der Waals surface area contributed by atoms with Crippen molar-refractivity contribution in [1.29, 1.82) is 0 Å². The highest BCUT2D eigenvalue weighted by atomic mass is 16.5. The van der Waals surface area contributed by atoms with Crippen LogP contribution in [0.1, 0.15) is 83.1 Å². The highest BCUT2D eigenvalue weighted by Crippen LogP contribution is 2.25. The summed E-state index contributed by atoms with van der Waals surface area (Å²) in [7, 11) is 2.35. The fourth-order valence-electron chi connectivity index (χ4n) is 4.04. The number of ether oxygens (including phenoxy) is 2. The van der Waals surface area contributed by atoms with Crippen LogP contribution in [0.2, 0.25) is 0 Å². The average Bonchev–Trinajstić information content (AvgIpc) is 2.86. The van der Waals surface area contributed by atoms with Gasteiger partial charge in [0.2, 0.25) is 11.8 Å². The molecule has 0 heterocycles. The first-order valence-corrected chi connectivity index (χ1v) is 14.3. The number of esters is 2. The second-order valence-electron chi connectivity index (χ2n) is 15.2. The molecule has 0 unspecified atom stereocenters. The van der Waals surface area contributed by atoms with E-state index in [1.54, 1.807) is 83.1 Å². The molecule has 0 aliphatic carbocycles. The number of aliphatic hydroxyl groups is 2. The van der Waals surface area contributed by atoms with E-state index < -0.39 is 93.6 Å². The topological polar surface area (TPSA) is 209 Å². The number of carbonyl (C=O) groups is 6. The molecule has 0 rings (SSSR count). The van der Waals surface area contributed by atoms with E-state index in [1.807, 2.05) is 0 Å². The summed E-state index contributed by atoms with van der Waals surface area (Å²) in [4.78, 5) is 77.2. The molecule has 0 aromatic heterocycles. The van der Waals surface area contributed by atoms with Crippen LogP contribution in [-0.2, 0) is 38.2 Å². The lowest BCUT2D eigenvalue weighted by molar-refractivity contribution is -0.152. The van der Waals surface area contributed by atoms with Gasteiger partial charge in [0, 0.05) is 0 Å². The molecule has 14 heteroatoms. The molecule has 0 aromatic rings. The average molecular weight is 631 g/mol. The first-order chi connectivity index (χ1) is 19.6. The lowest BCUT2D eigenvalue weighted by Gasteiger charge is -2.36. The molecule has 0 aliphatic heterocycles. The maximum atomic E-state index is 13.3. The zero-order valence-corrected chi connectivity index (χ0v) is 28.6. The van der Waals surface area contributed by atoms with E-state index in [0.29, 0.717) is 0 Å². The molecular weight excluding hydrogens is 576 g/mol. The summed E-state index contributed by atoms with van der Waals surface area (Å²) in [5.41, 5.74) is -3.38. The Morgan fingerprint density at radius 3 is 0.818 bits per heavy atom. The van der Waals surface area contributed by atoms with Crippen LogP contribution in [0.25, 0.3) is 0 Å². The molecule has 44 heavy (non-hydrogen) atoms. The van der Waals surface area contributed by atoms with Gasteiger partial charge in [0.05, 0.1) is 14.2 Å². The quantitative estimate of drug-likeness (QED) is 0.171. The molecule has 14 nitrogen and oxygen atoms in total. The molecule has 0 radical (unpaired) electrons. The molecule has 6 N–H and O–H groups in total. The molecule has 0 aromatic carbocycles. The summed E-state index contributed by atoms with van der Waals surface area (Å²) < 4.78 is 9.60. The fraction of sp³-hybridized carbons (Fsp3) is 0.800. The zero-order valence-electron chi connectivity index (χ0n) is 28.6. The van der Waals surface area contributed by atoms with E-state index in [1.165, 1.54) is 14.2 Å². The molecule has 254 valence electrons. The Bertz CT molecular complexity index is 980. The van der Waals surface area contributed by atoms with E-state index in [2.05, 4.69) is 21.3 Å². The minimum atomic E-state index is -2.34. The summed E-state index contributed by atoms with van der Waals surface area (Å²) in [5.74, 6) is -5.41. The maximum absolute atomic E-state index is 13.3. The van der Waals surface area contributed by atoms with Crippen molar-refractivity contribution in [2.75, 3.05) is 14.2 Å². The van der Waals surface area contributed by atoms with Gasteiger partial charge in [-0.3, -0.25) is 19.2 Å². The lowest BCUT2D eigenvalue weighted by Crippen LogP contribution is -2.63. The third kappa shape index (κ3) is 11.7. The van der Waals surface area contributed by atoms with Gasteiger partial charge in [0.25, 0.3) is 11.8 Å². The SMILES string of the molecule is COC(=O)[C@@H](NC(=O)[C@@H](NC(=O)[C@H](O)[C@@H](O)C(=O)N[C@H](C(=O)N[C@H](C(=O)OC)C(C)(C)C)C(C)(C)C)C(C)(C)C)C(C)(C)C. The molecule has 0 bridgehead atoms. The number of amides is 4. The van der Waals surface area contributed by atoms with Gasteiger partial charge in [-0.1, -0.05) is 83.1 Å². The van der Waals surface area contributed by atoms with Crippen molar-refractivity contribution < 1.29 is 48.5 Å². The van der Waals surface area contributed by atoms with Gasteiger partial charge in [0.15, 0.2) is 12.2 Å². The van der Waals surface area contributed by atoms with Crippen molar-refractivity contribution in [3.63, 3.8) is 0 Å². The van der Waals surface area contributed by atoms with Crippen molar-refractivity contribution in [3.05, 3.63) is 0 Å². The largest absolute Gasteiger partial charge is 0.467 e. The van der Waals surface area contributed by atoms with Gasteiger partial charge < -0.3 is 41.0 Å². The lowest BCUT2D eigenvalue weighted by atomic mass is 9.83. The Labute approximate surface area is 260 Å². The highest BCUT2D eigenvalue weighted by Gasteiger charge is 2.43. The molecule has 4 amide bonds. The van der Waals surface area contributed by atoms with Crippen LogP contribution in [0.5, 0.6) is 0 Å². The summed E-state index contributed by atoms with van der Waals surface area (Å²) in [6.07, 6.45) is -4.68. The van der Waals surface area contributed by atoms with Crippen LogP contribution in [0.3, 0.4) is 0 Å². The number of hydrogen-bond acceptors (Lipinski definition) is 10. The van der Waals surface area contributed by atoms with Crippen LogP contribution in [0.4, 0.5) is 0 Å². The van der Waals surface area contributed by atoms with Gasteiger partial charge >= 0.3 is 11.9 Å². The van der Waals surface area contributed by atoms with E-state index in [9.17, 15) is 39.0 Å². The van der Waals surface area contributed by atoms with Crippen molar-refractivity contribution in [2.24, 2.45) is 21.7 Å². The molecule has 0 aliphatic rings. The van der Waals surface area contributed by atoms with Crippen molar-refractivity contribution >= 4 is 35.6 Å². The second kappa shape index (κ2) is 15.2. The summed E-state index contributed by atoms with van der Waals surface area (Å²) in [5, 5.41) is 31.1. The highest BCUT2D eigenvalue weighted by molar-refractivity contribution is 5.97. The number of rotatable bonds is 11. The van der Waals surface area contributed by atoms with Gasteiger partial charge in [-0.15, -0.1) is 0 Å². The molecule has 0 saturated carbocycles. The number of nitrogens with one attached hydrogen (secondary N) is 4. The van der Waals surface area contributed by atoms with Crippen molar-refractivity contribution in [3.8, 4) is 0 Å². The summed E-state index contributed by atoms with van der Waals surface area (Å²) in [6.45, 7) is 20.0. The Morgan fingerprint density at radius 2 is 0.636 bits per heavy atom. The van der Waals surface area contributed by atoms with Crippen molar-refractivity contribution in [1.82, 2.24) is 21.3 Å².